The van der Waals surface area contributed by atoms with Crippen LogP contribution in [0.1, 0.15) is 54.6 Å². The van der Waals surface area contributed by atoms with Gasteiger partial charge in [0.1, 0.15) is 23.7 Å². The number of piperidine rings is 1. The predicted octanol–water partition coefficient (Wildman–Crippen LogP) is -0.408. The van der Waals surface area contributed by atoms with Crippen molar-refractivity contribution in [1.29, 1.82) is 0 Å². The van der Waals surface area contributed by atoms with E-state index in [2.05, 4.69) is 4.90 Å². The van der Waals surface area contributed by atoms with Crippen molar-refractivity contribution in [3.05, 3.63) is 40.7 Å². The predicted molar refractivity (Wildman–Crippen MR) is 138 cm³/mol. The molecule has 0 unspecified atom stereocenters. The molecular weight excluding hydrogens is 540 g/mol. The van der Waals surface area contributed by atoms with E-state index in [9.17, 15) is 39.3 Å². The highest BCUT2D eigenvalue weighted by Gasteiger charge is 2.72. The van der Waals surface area contributed by atoms with Crippen molar-refractivity contribution in [1.82, 2.24) is 10.2 Å². The second-order valence-electron chi connectivity index (χ2n) is 11.1. The van der Waals surface area contributed by atoms with E-state index in [0.717, 1.165) is 18.1 Å². The molecule has 1 saturated heterocycles. The molecule has 4 N–H and O–H groups in total. The Morgan fingerprint density at radius 2 is 2.00 bits per heavy atom. The van der Waals surface area contributed by atoms with Gasteiger partial charge in [0.05, 0.1) is 23.0 Å². The molecule has 1 aromatic rings. The van der Waals surface area contributed by atoms with Crippen LogP contribution in [0.5, 0.6) is 5.75 Å². The monoisotopic (exact) mass is 572 g/mol. The number of rotatable bonds is 9. The van der Waals surface area contributed by atoms with Crippen molar-refractivity contribution in [3.8, 4) is 5.75 Å². The van der Waals surface area contributed by atoms with Crippen molar-refractivity contribution >= 4 is 30.1 Å². The molecule has 5 rings (SSSR count). The quantitative estimate of drug-likeness (QED) is 0.222. The van der Waals surface area contributed by atoms with E-state index in [-0.39, 0.29) is 18.2 Å². The summed E-state index contributed by atoms with van der Waals surface area (Å²) >= 11 is 0. The average Bonchev–Trinajstić information content (AvgIpc) is 3.27. The first-order chi connectivity index (χ1) is 19.3. The van der Waals surface area contributed by atoms with E-state index in [1.54, 1.807) is 12.1 Å². The lowest BCUT2D eigenvalue weighted by atomic mass is 9.50. The fourth-order valence-corrected chi connectivity index (χ4v) is 6.72. The molecule has 2 aliphatic heterocycles. The molecule has 2 bridgehead atoms. The molecule has 1 fully saturated rings. The van der Waals surface area contributed by atoms with Crippen LogP contribution in [-0.4, -0.2) is 99.9 Å². The number of aldehydes is 1. The van der Waals surface area contributed by atoms with Crippen molar-refractivity contribution in [3.63, 3.8) is 0 Å². The van der Waals surface area contributed by atoms with E-state index in [1.165, 1.54) is 6.92 Å². The van der Waals surface area contributed by atoms with E-state index in [4.69, 9.17) is 14.2 Å². The number of aliphatic hydroxyl groups is 2. The van der Waals surface area contributed by atoms with Crippen LogP contribution < -0.4 is 10.1 Å². The van der Waals surface area contributed by atoms with Gasteiger partial charge in [-0.3, -0.25) is 14.4 Å². The highest BCUT2D eigenvalue weighted by Crippen LogP contribution is 2.64. The Morgan fingerprint density at radius 1 is 1.27 bits per heavy atom. The number of carboxylic acids is 1. The third-order valence-corrected chi connectivity index (χ3v) is 8.76. The van der Waals surface area contributed by atoms with Crippen molar-refractivity contribution < 1.29 is 53.5 Å². The highest BCUT2D eigenvalue weighted by molar-refractivity contribution is 5.89. The number of aliphatic hydroxyl groups excluding tert-OH is 1. The topological polar surface area (TPSA) is 189 Å². The molecule has 13 heteroatoms. The molecule has 2 heterocycles. The number of ether oxygens (including phenoxy) is 3. The number of carbonyl (C=O) groups is 5. The number of likely N-dealkylation sites (tertiary alicyclic amines) is 1. The van der Waals surface area contributed by atoms with Gasteiger partial charge in [0.15, 0.2) is 18.5 Å². The Balaban J connectivity index is 1.35. The summed E-state index contributed by atoms with van der Waals surface area (Å²) < 4.78 is 17.1. The first-order valence-electron chi connectivity index (χ1n) is 13.4. The van der Waals surface area contributed by atoms with E-state index in [0.29, 0.717) is 37.0 Å². The molecule has 4 aliphatic rings. The van der Waals surface area contributed by atoms with Gasteiger partial charge >= 0.3 is 17.9 Å². The van der Waals surface area contributed by atoms with Crippen molar-refractivity contribution in [2.45, 2.75) is 80.9 Å². The molecule has 1 aromatic carbocycles. The molecular formula is C28H32N2O11. The minimum absolute atomic E-state index is 0.124. The first kappa shape index (κ1) is 28.7. The lowest BCUT2D eigenvalue weighted by Gasteiger charge is -2.61. The van der Waals surface area contributed by atoms with Gasteiger partial charge in [0.2, 0.25) is 5.91 Å². The average molecular weight is 573 g/mol. The van der Waals surface area contributed by atoms with Crippen molar-refractivity contribution in [2.75, 3.05) is 13.6 Å². The summed E-state index contributed by atoms with van der Waals surface area (Å²) in [6.07, 6.45) is -1.16. The number of likely N-dealkylation sites (N-methyl/N-ethyl adjacent to an activating group) is 1. The molecule has 0 radical (unpaired) electrons. The Morgan fingerprint density at radius 3 is 2.66 bits per heavy atom. The van der Waals surface area contributed by atoms with Crippen LogP contribution in [0.2, 0.25) is 0 Å². The number of amides is 1. The normalized spacial score (nSPS) is 29.5. The van der Waals surface area contributed by atoms with Crippen LogP contribution in [0.15, 0.2) is 24.0 Å². The smallest absolute Gasteiger partial charge is 0.352 e. The zero-order chi connectivity index (χ0) is 29.9. The highest BCUT2D eigenvalue weighted by atomic mass is 16.6. The lowest BCUT2D eigenvalue weighted by Crippen LogP contribution is -2.74. The molecule has 41 heavy (non-hydrogen) atoms. The maximum Gasteiger partial charge on any atom is 0.352 e. The molecule has 2 aliphatic carbocycles. The van der Waals surface area contributed by atoms with E-state index < -0.39 is 65.6 Å². The van der Waals surface area contributed by atoms with Gasteiger partial charge in [-0.1, -0.05) is 6.07 Å². The second-order valence-corrected chi connectivity index (χ2v) is 11.1. The van der Waals surface area contributed by atoms with Crippen molar-refractivity contribution in [2.24, 2.45) is 0 Å². The van der Waals surface area contributed by atoms with Crippen LogP contribution in [0, 0.1) is 0 Å². The fourth-order valence-electron chi connectivity index (χ4n) is 6.72. The zero-order valence-corrected chi connectivity index (χ0v) is 22.8. The van der Waals surface area contributed by atoms with Gasteiger partial charge in [0, 0.05) is 18.0 Å². The number of hydrogen-bond donors (Lipinski definition) is 4. The van der Waals surface area contributed by atoms with Crippen LogP contribution in [-0.2, 0) is 40.5 Å². The summed E-state index contributed by atoms with van der Waals surface area (Å²) in [5.74, 6) is -4.07. The largest absolute Gasteiger partial charge is 0.480 e. The second kappa shape index (κ2) is 10.2. The Labute approximate surface area is 235 Å². The Bertz CT molecular complexity index is 1360. The maximum absolute atomic E-state index is 13.0. The van der Waals surface area contributed by atoms with Gasteiger partial charge < -0.3 is 39.7 Å². The molecule has 7 atom stereocenters. The van der Waals surface area contributed by atoms with E-state index in [1.807, 2.05) is 18.4 Å². The number of nitrogens with one attached hydrogen (secondary N) is 1. The molecule has 13 nitrogen and oxygen atoms in total. The van der Waals surface area contributed by atoms with E-state index >= 15 is 0 Å². The van der Waals surface area contributed by atoms with Crippen LogP contribution >= 0.6 is 0 Å². The number of aliphatic carboxylic acids is 1. The van der Waals surface area contributed by atoms with Crippen LogP contribution in [0.25, 0.3) is 0 Å². The van der Waals surface area contributed by atoms with Crippen LogP contribution in [0.4, 0.5) is 0 Å². The zero-order valence-electron chi connectivity index (χ0n) is 22.8. The summed E-state index contributed by atoms with van der Waals surface area (Å²) in [7, 11) is 1.95. The fraction of sp³-hybridized carbons (Fsp3) is 0.536. The number of carboxylic acid groups (broad SMARTS) is 1. The number of carbonyl (C=O) groups excluding carboxylic acids is 4. The summed E-state index contributed by atoms with van der Waals surface area (Å²) in [5, 5.41) is 32.8. The minimum Gasteiger partial charge on any atom is -0.480 e. The van der Waals surface area contributed by atoms with Gasteiger partial charge in [-0.2, -0.15) is 0 Å². The molecule has 1 spiro atoms. The summed E-state index contributed by atoms with van der Waals surface area (Å²) in [6, 6.07) is 1.65. The number of benzene rings is 1. The third kappa shape index (κ3) is 4.39. The van der Waals surface area contributed by atoms with Gasteiger partial charge in [-0.25, -0.2) is 9.59 Å². The maximum atomic E-state index is 13.0. The number of hydrogen-bond acceptors (Lipinski definition) is 11. The first-order valence-corrected chi connectivity index (χ1v) is 13.4. The molecule has 1 amide bonds. The SMILES string of the molecule is C[C@H](O)C(=O)N[C@@H](CC(=O)O[C@@H](C)C(=O)OC1=CC[C@@]2(O)[C@H]3Cc4ccc(C=O)c5c4[C@@]2(CCN3C)[C@H]1O5)C(=O)O. The van der Waals surface area contributed by atoms with Gasteiger partial charge in [0.25, 0.3) is 0 Å². The van der Waals surface area contributed by atoms with Gasteiger partial charge in [-0.15, -0.1) is 0 Å². The minimum atomic E-state index is -1.68. The molecule has 220 valence electrons. The Hall–Kier alpha value is -3.81. The molecule has 0 aromatic heterocycles. The third-order valence-electron chi connectivity index (χ3n) is 8.76. The number of esters is 2. The van der Waals surface area contributed by atoms with Crippen LogP contribution in [0.3, 0.4) is 0 Å². The number of nitrogens with zero attached hydrogens (tertiary/aromatic N) is 1. The summed E-state index contributed by atoms with van der Waals surface area (Å²) in [6.45, 7) is 3.03. The van der Waals surface area contributed by atoms with Gasteiger partial charge in [-0.05, 0) is 58.0 Å². The standard InChI is InChI=1S/C28H32N2O11/c1-13(32)24(34)29-17(25(35)36)11-20(33)39-14(2)26(37)40-18-6-7-28(38)19-10-15-4-5-16(12-31)22-21(15)27(28,23(18)41-22)8-9-30(19)3/h4-6,12-14,17,19,23,32,38H,7-11H2,1-3H3,(H,29,34)(H,35,36)/t13-,14-,17-,19+,23-,27-,28+/m0/s1. The lowest BCUT2D eigenvalue weighted by molar-refractivity contribution is -0.175. The Kier molecular flexibility index (Phi) is 7.16. The summed E-state index contributed by atoms with van der Waals surface area (Å²) in [4.78, 5) is 62.5. The molecule has 0 saturated carbocycles. The summed E-state index contributed by atoms with van der Waals surface area (Å²) in [5.41, 5.74) is -0.164.